The van der Waals surface area contributed by atoms with Crippen LogP contribution in [0.1, 0.15) is 104 Å². The Morgan fingerprint density at radius 3 is 1.45 bits per heavy atom. The van der Waals surface area contributed by atoms with Crippen molar-refractivity contribution < 1.29 is 0 Å². The lowest BCUT2D eigenvalue weighted by Gasteiger charge is -2.19. The van der Waals surface area contributed by atoms with Crippen molar-refractivity contribution in [2.45, 2.75) is 104 Å². The van der Waals surface area contributed by atoms with Gasteiger partial charge in [0.2, 0.25) is 0 Å². The van der Waals surface area contributed by atoms with Crippen molar-refractivity contribution >= 4 is 0 Å². The second-order valence-corrected chi connectivity index (χ2v) is 6.86. The Kier molecular flexibility index (Phi) is 15.3. The van der Waals surface area contributed by atoms with E-state index in [1.807, 2.05) is 0 Å². The molecule has 20 heavy (non-hydrogen) atoms. The van der Waals surface area contributed by atoms with Gasteiger partial charge in [-0.25, -0.2) is 0 Å². The van der Waals surface area contributed by atoms with Crippen molar-refractivity contribution in [3.63, 3.8) is 0 Å². The van der Waals surface area contributed by atoms with E-state index in [2.05, 4.69) is 20.8 Å². The summed E-state index contributed by atoms with van der Waals surface area (Å²) in [7, 11) is 0. The Labute approximate surface area is 129 Å². The molecule has 1 nitrogen and oxygen atoms in total. The Hall–Kier alpha value is -0.0400. The highest BCUT2D eigenvalue weighted by atomic mass is 14.5. The van der Waals surface area contributed by atoms with Crippen LogP contribution in [0.3, 0.4) is 0 Å². The molecule has 0 fully saturated rings. The molecular weight excluding hydrogens is 242 g/mol. The van der Waals surface area contributed by atoms with Gasteiger partial charge in [0.15, 0.2) is 0 Å². The third kappa shape index (κ3) is 13.0. The molecule has 0 rings (SSSR count). The molecule has 0 amide bonds. The number of hydrogen-bond acceptors (Lipinski definition) is 1. The van der Waals surface area contributed by atoms with E-state index in [1.54, 1.807) is 0 Å². The zero-order valence-corrected chi connectivity index (χ0v) is 14.6. The molecule has 0 aliphatic rings. The molecular formula is C19H41N. The summed E-state index contributed by atoms with van der Waals surface area (Å²) < 4.78 is 0. The van der Waals surface area contributed by atoms with Crippen LogP contribution in [-0.2, 0) is 0 Å². The van der Waals surface area contributed by atoms with Crippen molar-refractivity contribution in [2.24, 2.45) is 17.6 Å². The lowest BCUT2D eigenvalue weighted by Crippen LogP contribution is -2.08. The fourth-order valence-electron chi connectivity index (χ4n) is 2.96. The number of rotatable bonds is 15. The molecule has 0 aromatic carbocycles. The van der Waals surface area contributed by atoms with Crippen molar-refractivity contribution in [3.8, 4) is 0 Å². The maximum Gasteiger partial charge on any atom is -0.00773 e. The lowest BCUT2D eigenvalue weighted by molar-refractivity contribution is 0.322. The molecule has 0 spiro atoms. The average Bonchev–Trinajstić information content (AvgIpc) is 2.45. The van der Waals surface area contributed by atoms with Crippen LogP contribution in [0.15, 0.2) is 0 Å². The highest BCUT2D eigenvalue weighted by Gasteiger charge is 2.11. The average molecular weight is 284 g/mol. The van der Waals surface area contributed by atoms with Crippen LogP contribution in [0.2, 0.25) is 0 Å². The summed E-state index contributed by atoms with van der Waals surface area (Å²) >= 11 is 0. The first-order chi connectivity index (χ1) is 9.72. The topological polar surface area (TPSA) is 26.0 Å². The number of unbranched alkanes of at least 4 members (excludes halogenated alkanes) is 9. The minimum absolute atomic E-state index is 0.865. The molecule has 122 valence electrons. The minimum Gasteiger partial charge on any atom is -0.330 e. The largest absolute Gasteiger partial charge is 0.330 e. The minimum atomic E-state index is 0.865. The third-order valence-corrected chi connectivity index (χ3v) is 4.85. The van der Waals surface area contributed by atoms with E-state index in [4.69, 9.17) is 5.73 Å². The van der Waals surface area contributed by atoms with Gasteiger partial charge in [0.1, 0.15) is 0 Å². The maximum atomic E-state index is 5.53. The summed E-state index contributed by atoms with van der Waals surface area (Å²) in [6.45, 7) is 8.07. The van der Waals surface area contributed by atoms with Gasteiger partial charge in [-0.3, -0.25) is 0 Å². The first kappa shape index (κ1) is 20.0. The van der Waals surface area contributed by atoms with Gasteiger partial charge in [-0.15, -0.1) is 0 Å². The van der Waals surface area contributed by atoms with Crippen LogP contribution in [-0.4, -0.2) is 6.54 Å². The standard InChI is InChI=1S/C19H41N/c1-4-5-6-7-8-9-12-15-18(2)19(3)16-13-10-11-14-17-20/h18-19H,4-17,20H2,1-3H3. The summed E-state index contributed by atoms with van der Waals surface area (Å²) in [5, 5.41) is 0. The van der Waals surface area contributed by atoms with E-state index in [0.717, 1.165) is 18.4 Å². The van der Waals surface area contributed by atoms with Gasteiger partial charge in [-0.1, -0.05) is 97.8 Å². The number of hydrogen-bond donors (Lipinski definition) is 1. The van der Waals surface area contributed by atoms with Gasteiger partial charge in [0.25, 0.3) is 0 Å². The Morgan fingerprint density at radius 1 is 0.600 bits per heavy atom. The first-order valence-corrected chi connectivity index (χ1v) is 9.42. The normalized spacial score (nSPS) is 14.4. The van der Waals surface area contributed by atoms with E-state index >= 15 is 0 Å². The van der Waals surface area contributed by atoms with E-state index in [0.29, 0.717) is 0 Å². The second-order valence-electron chi connectivity index (χ2n) is 6.86. The molecule has 1 heteroatoms. The van der Waals surface area contributed by atoms with E-state index in [-0.39, 0.29) is 0 Å². The van der Waals surface area contributed by atoms with Crippen LogP contribution in [0.25, 0.3) is 0 Å². The third-order valence-electron chi connectivity index (χ3n) is 4.85. The predicted octanol–water partition coefficient (Wildman–Crippen LogP) is 6.31. The van der Waals surface area contributed by atoms with E-state index in [9.17, 15) is 0 Å². The monoisotopic (exact) mass is 283 g/mol. The molecule has 0 heterocycles. The van der Waals surface area contributed by atoms with E-state index < -0.39 is 0 Å². The molecule has 2 unspecified atom stereocenters. The smallest absolute Gasteiger partial charge is 0.00773 e. The van der Waals surface area contributed by atoms with Crippen LogP contribution < -0.4 is 5.73 Å². The molecule has 0 bridgehead atoms. The summed E-state index contributed by atoms with van der Waals surface area (Å²) in [5.41, 5.74) is 5.53. The SMILES string of the molecule is CCCCCCCCCC(C)C(C)CCCCCCN. The lowest BCUT2D eigenvalue weighted by atomic mass is 9.87. The molecule has 2 atom stereocenters. The van der Waals surface area contributed by atoms with Crippen molar-refractivity contribution in [1.82, 2.24) is 0 Å². The fourth-order valence-corrected chi connectivity index (χ4v) is 2.96. The Bertz CT molecular complexity index is 179. The van der Waals surface area contributed by atoms with Gasteiger partial charge in [0.05, 0.1) is 0 Å². The fraction of sp³-hybridized carbons (Fsp3) is 1.00. The summed E-state index contributed by atoms with van der Waals surface area (Å²) in [6.07, 6.45) is 18.2. The van der Waals surface area contributed by atoms with E-state index in [1.165, 1.54) is 83.5 Å². The molecule has 2 N–H and O–H groups in total. The first-order valence-electron chi connectivity index (χ1n) is 9.42. The maximum absolute atomic E-state index is 5.53. The predicted molar refractivity (Wildman–Crippen MR) is 93.1 cm³/mol. The highest BCUT2D eigenvalue weighted by Crippen LogP contribution is 2.24. The van der Waals surface area contributed by atoms with Gasteiger partial charge in [0, 0.05) is 0 Å². The summed E-state index contributed by atoms with van der Waals surface area (Å²) in [6, 6.07) is 0. The molecule has 0 aromatic heterocycles. The van der Waals surface area contributed by atoms with Crippen molar-refractivity contribution in [2.75, 3.05) is 6.54 Å². The van der Waals surface area contributed by atoms with Crippen molar-refractivity contribution in [3.05, 3.63) is 0 Å². The molecule has 0 aliphatic carbocycles. The number of nitrogens with two attached hydrogens (primary N) is 1. The summed E-state index contributed by atoms with van der Waals surface area (Å²) in [4.78, 5) is 0. The van der Waals surface area contributed by atoms with Gasteiger partial charge in [-0.2, -0.15) is 0 Å². The second kappa shape index (κ2) is 15.4. The summed E-state index contributed by atoms with van der Waals surface area (Å²) in [5.74, 6) is 1.83. The van der Waals surface area contributed by atoms with Crippen LogP contribution in [0, 0.1) is 11.8 Å². The van der Waals surface area contributed by atoms with Gasteiger partial charge in [-0.05, 0) is 24.8 Å². The van der Waals surface area contributed by atoms with Crippen LogP contribution in [0.5, 0.6) is 0 Å². The molecule has 0 aliphatic heterocycles. The van der Waals surface area contributed by atoms with Crippen molar-refractivity contribution in [1.29, 1.82) is 0 Å². The Balaban J connectivity index is 3.34. The van der Waals surface area contributed by atoms with Gasteiger partial charge >= 0.3 is 0 Å². The van der Waals surface area contributed by atoms with Crippen LogP contribution in [0.4, 0.5) is 0 Å². The molecule has 0 radical (unpaired) electrons. The van der Waals surface area contributed by atoms with Gasteiger partial charge < -0.3 is 5.73 Å². The molecule has 0 saturated heterocycles. The quantitative estimate of drug-likeness (QED) is 0.350. The Morgan fingerprint density at radius 2 is 1.00 bits per heavy atom. The highest BCUT2D eigenvalue weighted by molar-refractivity contribution is 4.63. The molecule has 0 saturated carbocycles. The molecule has 0 aromatic rings. The zero-order valence-electron chi connectivity index (χ0n) is 14.6. The zero-order chi connectivity index (χ0) is 15.1. The van der Waals surface area contributed by atoms with Crippen LogP contribution >= 0.6 is 0 Å².